The molecule has 0 saturated heterocycles. The van der Waals surface area contributed by atoms with Crippen LogP contribution in [0.2, 0.25) is 0 Å². The van der Waals surface area contributed by atoms with Gasteiger partial charge in [-0.3, -0.25) is 9.97 Å². The van der Waals surface area contributed by atoms with Crippen LogP contribution in [0.4, 0.5) is 17.1 Å². The fourth-order valence-corrected chi connectivity index (χ4v) is 18.2. The minimum atomic E-state index is -0.266. The molecule has 0 atom stereocenters. The normalized spacial score (nSPS) is 13.9. The van der Waals surface area contributed by atoms with Gasteiger partial charge in [-0.1, -0.05) is 262 Å². The molecule has 17 rings (SSSR count). The maximum atomic E-state index is 6.63. The van der Waals surface area contributed by atoms with Crippen molar-refractivity contribution in [2.24, 2.45) is 0 Å². The molecule has 2 aliphatic rings. The zero-order chi connectivity index (χ0) is 78.0. The average molecular weight is 1460 g/mol. The Labute approximate surface area is 656 Å². The van der Waals surface area contributed by atoms with E-state index in [9.17, 15) is 0 Å². The maximum Gasteiger partial charge on any atom is 0.249 e. The average Bonchev–Trinajstić information content (AvgIpc) is 0.927. The van der Waals surface area contributed by atoms with Crippen LogP contribution in [0.15, 0.2) is 220 Å². The molecule has 0 saturated carbocycles. The largest absolute Gasteiger partial charge is 0.456 e. The molecule has 0 spiro atoms. The lowest BCUT2D eigenvalue weighted by Gasteiger charge is -2.42. The number of rotatable bonds is 6. The minimum Gasteiger partial charge on any atom is -0.456 e. The summed E-state index contributed by atoms with van der Waals surface area (Å²) in [7, 11) is 0. The molecule has 0 N–H and O–H groups in total. The van der Waals surface area contributed by atoms with E-state index in [4.69, 9.17) is 14.4 Å². The van der Waals surface area contributed by atoms with Crippen LogP contribution in [-0.2, 0) is 43.3 Å². The summed E-state index contributed by atoms with van der Waals surface area (Å²) < 4.78 is 11.7. The highest BCUT2D eigenvalue weighted by molar-refractivity contribution is 8.00. The van der Waals surface area contributed by atoms with Crippen molar-refractivity contribution in [3.8, 4) is 44.8 Å². The van der Waals surface area contributed by atoms with Crippen molar-refractivity contribution < 1.29 is 4.42 Å². The molecule has 10 aromatic carbocycles. The number of nitrogens with zero attached hydrogens (tertiary/aromatic N) is 5. The van der Waals surface area contributed by atoms with Crippen LogP contribution in [0.5, 0.6) is 0 Å². The van der Waals surface area contributed by atoms with Crippen LogP contribution in [-0.4, -0.2) is 25.8 Å². The lowest BCUT2D eigenvalue weighted by Crippen LogP contribution is -2.60. The van der Waals surface area contributed by atoms with Gasteiger partial charge in [0.1, 0.15) is 11.2 Å². The van der Waals surface area contributed by atoms with Crippen molar-refractivity contribution in [3.63, 3.8) is 0 Å². The molecule has 554 valence electrons. The summed E-state index contributed by atoms with van der Waals surface area (Å²) in [6, 6.07) is 80.9. The van der Waals surface area contributed by atoms with E-state index in [0.717, 1.165) is 107 Å². The summed E-state index contributed by atoms with van der Waals surface area (Å²) in [5, 5.41) is 7.28. The van der Waals surface area contributed by atoms with Gasteiger partial charge in [0.25, 0.3) is 0 Å². The number of fused-ring (bicyclic) bond motifs is 13. The standard InChI is InChI=1S/C102H106BN5OS/c1-95(2,3)63-33-41-79-72(53-63)73-54-64(96(4,5)6)34-42-80(73)106(79)67-37-39-77-83(57-67)108(94-69(61-49-89(99(13,14)15)104-90(50-61)100(16,17)18)29-27-30-70(94)62-51-91(101(19,20)21)105-92(52-62)102(22,23)24)84-47-60(59-32-45-86-76(46-59)71-28-25-26-31-85(71)109-86)48-88-93(84)103(77)78-40-38-68(58-87(78)110-88)107-81-43-35-65(97(7,8)9)55-74(81)75-56-66(98(10,11)12)36-44-82(75)107/h25-58H,1-24H3. The summed E-state index contributed by atoms with van der Waals surface area (Å²) in [6.07, 6.45) is 0. The van der Waals surface area contributed by atoms with Crippen molar-refractivity contribution in [1.29, 1.82) is 0 Å². The van der Waals surface area contributed by atoms with Crippen LogP contribution in [0.25, 0.3) is 110 Å². The molecule has 0 bridgehead atoms. The molecule has 0 unspecified atom stereocenters. The van der Waals surface area contributed by atoms with Crippen molar-refractivity contribution in [3.05, 3.63) is 251 Å². The molecule has 15 aromatic rings. The van der Waals surface area contributed by atoms with E-state index in [-0.39, 0.29) is 50.0 Å². The molecule has 6 nitrogen and oxygen atoms in total. The van der Waals surface area contributed by atoms with Gasteiger partial charge in [-0.15, -0.1) is 0 Å². The highest BCUT2D eigenvalue weighted by Gasteiger charge is 2.44. The number of furan rings is 1. The molecule has 8 heteroatoms. The SMILES string of the molecule is CC(C)(C)c1ccc2c(c1)c1cc(C(C)(C)C)ccc1n2-c1ccc2c(c1)Sc1cc(-c3ccc4oc5ccccc5c4c3)cc3c1B2c1ccc(-n2c4ccc(C(C)(C)C)cc4c4cc(C(C)(C)C)ccc42)cc1N3c1c(-c2cc(C(C)(C)C)nc(C(C)(C)C)c2)cccc1-c1cc(C(C)(C)C)nc(C(C)(C)C)c1. The summed E-state index contributed by atoms with van der Waals surface area (Å²) in [5.41, 5.74) is 31.0. The molecule has 0 amide bonds. The van der Waals surface area contributed by atoms with Gasteiger partial charge in [0, 0.05) is 120 Å². The third-order valence-electron chi connectivity index (χ3n) is 23.6. The minimum absolute atomic E-state index is 0.0306. The van der Waals surface area contributed by atoms with Crippen molar-refractivity contribution in [2.45, 2.75) is 219 Å². The molecular weight excluding hydrogens is 1350 g/mol. The summed E-state index contributed by atoms with van der Waals surface area (Å²) in [4.78, 5) is 16.4. The Morgan fingerprint density at radius 3 is 1.15 bits per heavy atom. The summed E-state index contributed by atoms with van der Waals surface area (Å²) in [6.45, 7) is 55.5. The first kappa shape index (κ1) is 72.9. The Hall–Kier alpha value is -9.89. The quantitative estimate of drug-likeness (QED) is 0.155. The first-order chi connectivity index (χ1) is 51.5. The second-order valence-corrected chi connectivity index (χ2v) is 41.2. The fourth-order valence-electron chi connectivity index (χ4n) is 16.9. The van der Waals surface area contributed by atoms with E-state index in [1.165, 1.54) is 92.0 Å². The first-order valence-corrected chi connectivity index (χ1v) is 40.6. The molecule has 0 aliphatic carbocycles. The molecule has 0 fully saturated rings. The number of para-hydroxylation sites is 2. The van der Waals surface area contributed by atoms with Gasteiger partial charge >= 0.3 is 0 Å². The highest BCUT2D eigenvalue weighted by Crippen LogP contribution is 2.53. The molecule has 7 heterocycles. The summed E-state index contributed by atoms with van der Waals surface area (Å²) >= 11 is 1.92. The van der Waals surface area contributed by atoms with Crippen LogP contribution < -0.4 is 21.3 Å². The first-order valence-electron chi connectivity index (χ1n) is 39.8. The second-order valence-electron chi connectivity index (χ2n) is 40.1. The zero-order valence-electron chi connectivity index (χ0n) is 69.3. The number of hydrogen-bond donors (Lipinski definition) is 0. The van der Waals surface area contributed by atoms with Gasteiger partial charge in [0.2, 0.25) is 6.71 Å². The maximum absolute atomic E-state index is 6.63. The fraction of sp³-hybridized carbons (Fsp3) is 0.314. The Kier molecular flexibility index (Phi) is 16.5. The number of benzene rings is 10. The Morgan fingerprint density at radius 1 is 0.300 bits per heavy atom. The van der Waals surface area contributed by atoms with Crippen LogP contribution >= 0.6 is 11.8 Å². The van der Waals surface area contributed by atoms with E-state index >= 15 is 0 Å². The monoisotopic (exact) mass is 1460 g/mol. The highest BCUT2D eigenvalue weighted by atomic mass is 32.2. The topological polar surface area (TPSA) is 52.0 Å². The van der Waals surface area contributed by atoms with Gasteiger partial charge in [-0.2, -0.15) is 0 Å². The number of pyridine rings is 2. The van der Waals surface area contributed by atoms with Crippen LogP contribution in [0, 0.1) is 0 Å². The lowest BCUT2D eigenvalue weighted by molar-refractivity contribution is 0.531. The van der Waals surface area contributed by atoms with Gasteiger partial charge in [0.15, 0.2) is 0 Å². The van der Waals surface area contributed by atoms with Crippen molar-refractivity contribution >= 4 is 117 Å². The lowest BCUT2D eigenvalue weighted by atomic mass is 9.34. The van der Waals surface area contributed by atoms with Crippen molar-refractivity contribution in [2.75, 3.05) is 4.90 Å². The Balaban J connectivity index is 1.02. The molecule has 0 radical (unpaired) electrons. The number of hydrogen-bond acceptors (Lipinski definition) is 5. The zero-order valence-corrected chi connectivity index (χ0v) is 70.1. The van der Waals surface area contributed by atoms with Crippen LogP contribution in [0.3, 0.4) is 0 Å². The van der Waals surface area contributed by atoms with E-state index in [1.807, 2.05) is 11.8 Å². The summed E-state index contributed by atoms with van der Waals surface area (Å²) in [5.74, 6) is 0. The number of aromatic nitrogens is 4. The third kappa shape index (κ3) is 12.3. The second kappa shape index (κ2) is 24.8. The van der Waals surface area contributed by atoms with Crippen LogP contribution in [0.1, 0.15) is 211 Å². The predicted octanol–water partition coefficient (Wildman–Crippen LogP) is 26.7. The Morgan fingerprint density at radius 2 is 0.718 bits per heavy atom. The molecule has 110 heavy (non-hydrogen) atoms. The van der Waals surface area contributed by atoms with Gasteiger partial charge in [-0.25, -0.2) is 0 Å². The van der Waals surface area contributed by atoms with Gasteiger partial charge < -0.3 is 18.5 Å². The van der Waals surface area contributed by atoms with E-state index in [2.05, 4.69) is 386 Å². The van der Waals surface area contributed by atoms with Gasteiger partial charge in [-0.05, 0) is 204 Å². The predicted molar refractivity (Wildman–Crippen MR) is 474 cm³/mol. The van der Waals surface area contributed by atoms with Crippen molar-refractivity contribution in [1.82, 2.24) is 19.1 Å². The molecule has 2 aliphatic heterocycles. The smallest absolute Gasteiger partial charge is 0.249 e. The third-order valence-corrected chi connectivity index (χ3v) is 24.7. The molecular formula is C102H106BN5OS. The van der Waals surface area contributed by atoms with E-state index < -0.39 is 0 Å². The van der Waals surface area contributed by atoms with Gasteiger partial charge in [0.05, 0.1) is 27.8 Å². The van der Waals surface area contributed by atoms with E-state index in [0.29, 0.717) is 0 Å². The molecule has 5 aromatic heterocycles. The van der Waals surface area contributed by atoms with E-state index in [1.54, 1.807) is 0 Å². The Bertz CT molecular complexity index is 6050. The number of anilines is 3.